The number of hydrogen-bond acceptors (Lipinski definition) is 17. The van der Waals surface area contributed by atoms with Crippen molar-refractivity contribution in [3.8, 4) is 34.5 Å². The molecular formula is C33H44O17. The van der Waals surface area contributed by atoms with E-state index < -0.39 is 74.6 Å². The van der Waals surface area contributed by atoms with Crippen LogP contribution in [0.4, 0.5) is 0 Å². The van der Waals surface area contributed by atoms with E-state index in [2.05, 4.69) is 0 Å². The number of methoxy groups -OCH3 is 4. The molecule has 0 saturated carbocycles. The standard InChI is InChI=1S/C33H44O17/c1-41-18-5-14(6-19(42-2)23(18)36)26-16-10-46-27(17(16)11-45-26)15-7-20(43-3)28(21(8-15)44-4)49-31-25(38)29(24(37)22(9-34)48-31)50-32-30(39)33(40,12-35)13-47-32/h5-8,16-17,22,24-27,29-32,34-40H,9-13H2,1-4H3/t16-,17-,22-,24-,25-,26+,27+,29+,30+,31+,32+,33-/m1/s1. The first kappa shape index (κ1) is 36.6. The second-order valence-electron chi connectivity index (χ2n) is 12.7. The Morgan fingerprint density at radius 3 is 1.72 bits per heavy atom. The summed E-state index contributed by atoms with van der Waals surface area (Å²) in [5, 5.41) is 72.7. The van der Waals surface area contributed by atoms with E-state index in [1.165, 1.54) is 28.4 Å². The van der Waals surface area contributed by atoms with E-state index in [1.54, 1.807) is 24.3 Å². The summed E-state index contributed by atoms with van der Waals surface area (Å²) in [6, 6.07) is 6.83. The molecule has 0 bridgehead atoms. The average molecular weight is 713 g/mol. The Morgan fingerprint density at radius 1 is 0.740 bits per heavy atom. The number of aromatic hydroxyl groups is 1. The highest BCUT2D eigenvalue weighted by atomic mass is 16.7. The number of aliphatic hydroxyl groups excluding tert-OH is 5. The van der Waals surface area contributed by atoms with E-state index in [-0.39, 0.29) is 52.4 Å². The van der Waals surface area contributed by atoms with Crippen LogP contribution in [0.5, 0.6) is 34.5 Å². The number of rotatable bonds is 12. The summed E-state index contributed by atoms with van der Waals surface area (Å²) in [4.78, 5) is 0. The van der Waals surface area contributed by atoms with Gasteiger partial charge >= 0.3 is 0 Å². The molecule has 17 heteroatoms. The molecule has 0 amide bonds. The number of ether oxygens (including phenoxy) is 10. The van der Waals surface area contributed by atoms with Gasteiger partial charge in [0.25, 0.3) is 0 Å². The van der Waals surface area contributed by atoms with Crippen LogP contribution < -0.4 is 23.7 Å². The van der Waals surface area contributed by atoms with E-state index >= 15 is 0 Å². The minimum absolute atomic E-state index is 0.0276. The van der Waals surface area contributed by atoms with Crippen molar-refractivity contribution in [3.05, 3.63) is 35.4 Å². The number of phenolic OH excluding ortho intramolecular Hbond substituents is 1. The molecule has 2 aromatic rings. The molecule has 0 aromatic heterocycles. The van der Waals surface area contributed by atoms with Crippen molar-refractivity contribution in [1.82, 2.24) is 0 Å². The largest absolute Gasteiger partial charge is 0.502 e. The SMILES string of the molecule is COc1cc([C@@H]2OC[C@@H]3[C@H]2CO[C@H]3c2cc(OC)c(O[C@@H]3O[C@H](CO)[C@@H](O)[C@H](O[C@@H]4OC[C@](O)(CO)[C@H]4O)[C@H]3O)c(OC)c2)cc(OC)c1O. The summed E-state index contributed by atoms with van der Waals surface area (Å²) < 4.78 is 57.3. The molecule has 12 atom stereocenters. The quantitative estimate of drug-likeness (QED) is 0.142. The van der Waals surface area contributed by atoms with Crippen LogP contribution in [0.1, 0.15) is 23.3 Å². The van der Waals surface area contributed by atoms with Gasteiger partial charge in [0.2, 0.25) is 17.8 Å². The first-order valence-corrected chi connectivity index (χ1v) is 16.0. The molecule has 50 heavy (non-hydrogen) atoms. The maximum absolute atomic E-state index is 11.3. The van der Waals surface area contributed by atoms with Gasteiger partial charge in [0.15, 0.2) is 29.3 Å². The molecule has 17 nitrogen and oxygen atoms in total. The predicted octanol–water partition coefficient (Wildman–Crippen LogP) is -0.855. The minimum atomic E-state index is -2.01. The molecule has 4 heterocycles. The van der Waals surface area contributed by atoms with E-state index in [9.17, 15) is 35.7 Å². The van der Waals surface area contributed by atoms with Crippen LogP contribution in [0.15, 0.2) is 24.3 Å². The van der Waals surface area contributed by atoms with Crippen LogP contribution in [-0.2, 0) is 23.7 Å². The summed E-state index contributed by atoms with van der Waals surface area (Å²) in [6.07, 6.45) is -11.7. The highest BCUT2D eigenvalue weighted by Gasteiger charge is 2.54. The molecular weight excluding hydrogens is 668 g/mol. The second-order valence-corrected chi connectivity index (χ2v) is 12.7. The highest BCUT2D eigenvalue weighted by Crippen LogP contribution is 2.53. The van der Waals surface area contributed by atoms with Gasteiger partial charge in [0.1, 0.15) is 36.1 Å². The molecule has 0 unspecified atom stereocenters. The zero-order valence-electron chi connectivity index (χ0n) is 27.9. The Hall–Kier alpha value is -3.20. The molecule has 4 aliphatic heterocycles. The highest BCUT2D eigenvalue weighted by molar-refractivity contribution is 5.55. The third-order valence-corrected chi connectivity index (χ3v) is 9.83. The number of phenols is 1. The van der Waals surface area contributed by atoms with Crippen molar-refractivity contribution in [2.24, 2.45) is 11.8 Å². The van der Waals surface area contributed by atoms with Gasteiger partial charge in [-0.15, -0.1) is 0 Å². The zero-order valence-corrected chi connectivity index (χ0v) is 27.9. The van der Waals surface area contributed by atoms with Gasteiger partial charge in [-0.05, 0) is 35.4 Å². The van der Waals surface area contributed by atoms with Crippen molar-refractivity contribution in [3.63, 3.8) is 0 Å². The van der Waals surface area contributed by atoms with Crippen molar-refractivity contribution in [1.29, 1.82) is 0 Å². The van der Waals surface area contributed by atoms with Crippen LogP contribution in [0.2, 0.25) is 0 Å². The maximum Gasteiger partial charge on any atom is 0.229 e. The lowest BCUT2D eigenvalue weighted by molar-refractivity contribution is -0.313. The van der Waals surface area contributed by atoms with Gasteiger partial charge in [0.05, 0.1) is 73.7 Å². The summed E-state index contributed by atoms with van der Waals surface area (Å²) in [5.41, 5.74) is -0.547. The van der Waals surface area contributed by atoms with Crippen LogP contribution in [0, 0.1) is 11.8 Å². The van der Waals surface area contributed by atoms with Crippen molar-refractivity contribution in [2.45, 2.75) is 60.9 Å². The van der Waals surface area contributed by atoms with Gasteiger partial charge < -0.3 is 83.1 Å². The van der Waals surface area contributed by atoms with Crippen LogP contribution in [-0.4, -0.2) is 146 Å². The second kappa shape index (κ2) is 14.8. The fourth-order valence-corrected chi connectivity index (χ4v) is 6.98. The van der Waals surface area contributed by atoms with E-state index in [1.807, 2.05) is 0 Å². The number of fused-ring (bicyclic) bond motifs is 1. The lowest BCUT2D eigenvalue weighted by atomic mass is 9.84. The summed E-state index contributed by atoms with van der Waals surface area (Å²) in [6.45, 7) is -1.23. The van der Waals surface area contributed by atoms with Crippen molar-refractivity contribution in [2.75, 3.05) is 61.5 Å². The van der Waals surface area contributed by atoms with Gasteiger partial charge in [-0.1, -0.05) is 0 Å². The monoisotopic (exact) mass is 712 g/mol. The summed E-state index contributed by atoms with van der Waals surface area (Å²) in [7, 11) is 5.74. The van der Waals surface area contributed by atoms with Crippen molar-refractivity contribution < 1.29 is 83.1 Å². The molecule has 4 saturated heterocycles. The Labute approximate surface area is 287 Å². The molecule has 2 aromatic carbocycles. The fourth-order valence-electron chi connectivity index (χ4n) is 6.98. The summed E-state index contributed by atoms with van der Waals surface area (Å²) in [5.74, 6) is 0.702. The molecule has 0 radical (unpaired) electrons. The molecule has 0 spiro atoms. The Kier molecular flexibility index (Phi) is 10.8. The molecule has 0 aliphatic carbocycles. The van der Waals surface area contributed by atoms with Crippen LogP contribution in [0.3, 0.4) is 0 Å². The Morgan fingerprint density at radius 2 is 1.26 bits per heavy atom. The number of benzene rings is 2. The Balaban J connectivity index is 1.22. The Bertz CT molecular complexity index is 1440. The van der Waals surface area contributed by atoms with Crippen LogP contribution >= 0.6 is 0 Å². The summed E-state index contributed by atoms with van der Waals surface area (Å²) >= 11 is 0. The van der Waals surface area contributed by atoms with Gasteiger partial charge in [0, 0.05) is 11.8 Å². The molecule has 6 rings (SSSR count). The van der Waals surface area contributed by atoms with Crippen LogP contribution in [0.25, 0.3) is 0 Å². The normalized spacial score (nSPS) is 36.6. The minimum Gasteiger partial charge on any atom is -0.502 e. The molecule has 278 valence electrons. The molecule has 4 aliphatic rings. The van der Waals surface area contributed by atoms with Gasteiger partial charge in [-0.25, -0.2) is 0 Å². The number of hydrogen-bond donors (Lipinski definition) is 7. The molecule has 7 N–H and O–H groups in total. The third-order valence-electron chi connectivity index (χ3n) is 9.83. The van der Waals surface area contributed by atoms with Gasteiger partial charge in [-0.2, -0.15) is 0 Å². The third kappa shape index (κ3) is 6.41. The van der Waals surface area contributed by atoms with Crippen molar-refractivity contribution >= 4 is 0 Å². The first-order chi connectivity index (χ1) is 24.0. The molecule has 4 fully saturated rings. The fraction of sp³-hybridized carbons (Fsp3) is 0.636. The van der Waals surface area contributed by atoms with Gasteiger partial charge in [-0.3, -0.25) is 0 Å². The number of aliphatic hydroxyl groups is 6. The maximum atomic E-state index is 11.3. The lowest BCUT2D eigenvalue weighted by Gasteiger charge is -2.42. The first-order valence-electron chi connectivity index (χ1n) is 16.0. The zero-order chi connectivity index (χ0) is 35.9. The predicted molar refractivity (Wildman–Crippen MR) is 166 cm³/mol. The van der Waals surface area contributed by atoms with E-state index in [4.69, 9.17) is 47.4 Å². The van der Waals surface area contributed by atoms with E-state index in [0.29, 0.717) is 18.8 Å². The van der Waals surface area contributed by atoms with E-state index in [0.717, 1.165) is 5.56 Å². The smallest absolute Gasteiger partial charge is 0.229 e. The average Bonchev–Trinajstić information content (AvgIpc) is 3.82. The topological polar surface area (TPSA) is 234 Å². The lowest BCUT2D eigenvalue weighted by Crippen LogP contribution is -2.62.